The highest BCUT2D eigenvalue weighted by atomic mass is 32.1. The summed E-state index contributed by atoms with van der Waals surface area (Å²) in [6.45, 7) is 4.94. The molecule has 39 heavy (non-hydrogen) atoms. The summed E-state index contributed by atoms with van der Waals surface area (Å²) in [7, 11) is 4.11. The summed E-state index contributed by atoms with van der Waals surface area (Å²) in [6.07, 6.45) is 0.310. The van der Waals surface area contributed by atoms with Crippen LogP contribution in [-0.2, 0) is 16.9 Å². The van der Waals surface area contributed by atoms with E-state index in [9.17, 15) is 14.4 Å². The molecule has 4 amide bonds. The van der Waals surface area contributed by atoms with Gasteiger partial charge in [-0.05, 0) is 49.4 Å². The van der Waals surface area contributed by atoms with E-state index < -0.39 is 5.54 Å². The molecule has 0 spiro atoms. The number of H-pyrrole nitrogens is 1. The van der Waals surface area contributed by atoms with Crippen molar-refractivity contribution in [2.75, 3.05) is 37.0 Å². The number of anilines is 2. The first kappa shape index (κ1) is 28.2. The number of likely N-dealkylation sites (N-methyl/N-ethyl adjacent to an activating group) is 1. The van der Waals surface area contributed by atoms with Crippen molar-refractivity contribution >= 4 is 42.0 Å². The molecule has 1 aliphatic rings. The van der Waals surface area contributed by atoms with E-state index in [1.54, 1.807) is 29.2 Å². The monoisotopic (exact) mass is 550 g/mol. The fourth-order valence-electron chi connectivity index (χ4n) is 4.73. The summed E-state index contributed by atoms with van der Waals surface area (Å²) < 4.78 is 0. The van der Waals surface area contributed by atoms with Gasteiger partial charge in [0.2, 0.25) is 5.91 Å². The van der Waals surface area contributed by atoms with Crippen molar-refractivity contribution in [1.29, 1.82) is 0 Å². The predicted octanol–water partition coefficient (Wildman–Crippen LogP) is 2.57. The normalized spacial score (nSPS) is 14.6. The van der Waals surface area contributed by atoms with Gasteiger partial charge in [0.1, 0.15) is 12.6 Å². The molecule has 10 nitrogen and oxygen atoms in total. The number of aromatic nitrogens is 2. The first-order valence-corrected chi connectivity index (χ1v) is 13.6. The number of carbonyl (C=O) groups is 3. The lowest BCUT2D eigenvalue weighted by Crippen LogP contribution is -3.06. The number of nitrogens with zero attached hydrogens (tertiary/aromatic N) is 2. The van der Waals surface area contributed by atoms with E-state index in [2.05, 4.69) is 52.9 Å². The van der Waals surface area contributed by atoms with Crippen molar-refractivity contribution in [2.45, 2.75) is 38.4 Å². The fraction of sp³-hybridized carbons (Fsp3) is 0.357. The molecular weight excluding hydrogens is 514 g/mol. The maximum atomic E-state index is 13.5. The zero-order chi connectivity index (χ0) is 28.2. The number of urea groups is 1. The van der Waals surface area contributed by atoms with Crippen LogP contribution in [0, 0.1) is 0 Å². The largest absolute Gasteiger partial charge is 0.338 e. The highest BCUT2D eigenvalue weighted by Crippen LogP contribution is 2.40. The van der Waals surface area contributed by atoms with Gasteiger partial charge in [-0.25, -0.2) is 4.79 Å². The van der Waals surface area contributed by atoms with Crippen LogP contribution in [0.2, 0.25) is 0 Å². The number of fused-ring (bicyclic) bond motifs is 1. The van der Waals surface area contributed by atoms with Crippen LogP contribution in [0.3, 0.4) is 0 Å². The number of thiol groups is 1. The van der Waals surface area contributed by atoms with Crippen LogP contribution < -0.4 is 20.9 Å². The number of aromatic amines is 1. The van der Waals surface area contributed by atoms with Gasteiger partial charge in [-0.2, -0.15) is 17.7 Å². The van der Waals surface area contributed by atoms with Gasteiger partial charge >= 0.3 is 6.03 Å². The maximum Gasteiger partial charge on any atom is 0.319 e. The summed E-state index contributed by atoms with van der Waals surface area (Å²) in [6, 6.07) is 16.2. The van der Waals surface area contributed by atoms with E-state index in [-0.39, 0.29) is 23.9 Å². The molecule has 0 unspecified atom stereocenters. The molecule has 0 saturated heterocycles. The van der Waals surface area contributed by atoms with Crippen LogP contribution in [0.1, 0.15) is 53.5 Å². The Balaban J connectivity index is 1.46. The van der Waals surface area contributed by atoms with Crippen molar-refractivity contribution in [3.05, 3.63) is 77.0 Å². The molecule has 1 aromatic heterocycles. The van der Waals surface area contributed by atoms with Gasteiger partial charge < -0.3 is 25.8 Å². The molecule has 1 atom stereocenters. The average molecular weight is 551 g/mol. The number of benzene rings is 2. The van der Waals surface area contributed by atoms with Crippen molar-refractivity contribution in [1.82, 2.24) is 20.4 Å². The molecule has 11 heteroatoms. The van der Waals surface area contributed by atoms with Gasteiger partial charge in [-0.3, -0.25) is 14.7 Å². The number of amides is 4. The smallest absolute Gasteiger partial charge is 0.319 e. The molecule has 0 bridgehead atoms. The third kappa shape index (κ3) is 6.43. The maximum absolute atomic E-state index is 13.5. The molecule has 2 aromatic carbocycles. The summed E-state index contributed by atoms with van der Waals surface area (Å²) in [5.74, 6) is 0.377. The lowest BCUT2D eigenvalue weighted by Gasteiger charge is -2.33. The molecular formula is C28H36N7O3S+. The topological polar surface area (TPSA) is 124 Å². The predicted molar refractivity (Wildman–Crippen MR) is 154 cm³/mol. The number of rotatable bonds is 9. The van der Waals surface area contributed by atoms with E-state index in [4.69, 9.17) is 0 Å². The van der Waals surface area contributed by atoms with E-state index in [0.29, 0.717) is 35.8 Å². The van der Waals surface area contributed by atoms with Crippen molar-refractivity contribution in [3.8, 4) is 0 Å². The van der Waals surface area contributed by atoms with Gasteiger partial charge in [0.15, 0.2) is 5.82 Å². The van der Waals surface area contributed by atoms with Gasteiger partial charge in [0.05, 0.1) is 31.9 Å². The molecule has 3 aromatic rings. The number of hydrogen-bond donors (Lipinski definition) is 6. The molecule has 0 aliphatic carbocycles. The molecule has 0 saturated carbocycles. The zero-order valence-corrected chi connectivity index (χ0v) is 23.6. The molecule has 0 fully saturated rings. The molecule has 4 rings (SSSR count). The highest BCUT2D eigenvalue weighted by Gasteiger charge is 2.44. The second-order valence-electron chi connectivity index (χ2n) is 10.4. The van der Waals surface area contributed by atoms with Crippen molar-refractivity contribution in [2.24, 2.45) is 0 Å². The van der Waals surface area contributed by atoms with Crippen molar-refractivity contribution in [3.63, 3.8) is 0 Å². The fourth-order valence-corrected chi connectivity index (χ4v) is 4.93. The van der Waals surface area contributed by atoms with Crippen LogP contribution in [0.15, 0.2) is 54.6 Å². The number of hydrogen-bond acceptors (Lipinski definition) is 5. The number of quaternary nitrogens is 1. The van der Waals surface area contributed by atoms with Gasteiger partial charge in [-0.1, -0.05) is 30.3 Å². The van der Waals surface area contributed by atoms with Crippen molar-refractivity contribution < 1.29 is 19.3 Å². The Kier molecular flexibility index (Phi) is 8.61. The van der Waals surface area contributed by atoms with Gasteiger partial charge in [-0.15, -0.1) is 0 Å². The Bertz CT molecular complexity index is 1320. The third-order valence-electron chi connectivity index (χ3n) is 6.83. The lowest BCUT2D eigenvalue weighted by molar-refractivity contribution is -0.860. The van der Waals surface area contributed by atoms with Gasteiger partial charge in [0.25, 0.3) is 5.91 Å². The second kappa shape index (κ2) is 11.9. The summed E-state index contributed by atoms with van der Waals surface area (Å²) in [4.78, 5) is 41.3. The van der Waals surface area contributed by atoms with Gasteiger partial charge in [0, 0.05) is 23.2 Å². The average Bonchev–Trinajstić information content (AvgIpc) is 3.42. The Morgan fingerprint density at radius 2 is 1.77 bits per heavy atom. The minimum atomic E-state index is -0.658. The summed E-state index contributed by atoms with van der Waals surface area (Å²) in [5, 5.41) is 16.2. The molecule has 0 radical (unpaired) electrons. The van der Waals surface area contributed by atoms with Crippen LogP contribution >= 0.6 is 12.6 Å². The minimum absolute atomic E-state index is 0.136. The SMILES string of the molecule is C[NH+](C)C[C@@H](NC(=O)N1Cc2c(NC(=O)c3ccc(NC(=O)CCS)cc3)n[nH]c2C1(C)C)c1ccccc1. The number of nitrogens with one attached hydrogen (secondary N) is 5. The number of carbonyl (C=O) groups excluding carboxylic acids is 3. The summed E-state index contributed by atoms with van der Waals surface area (Å²) in [5.41, 5.74) is 2.96. The Hall–Kier alpha value is -3.83. The van der Waals surface area contributed by atoms with E-state index in [0.717, 1.165) is 23.4 Å². The molecule has 1 aliphatic heterocycles. The Morgan fingerprint density at radius 3 is 2.41 bits per heavy atom. The Labute approximate surface area is 233 Å². The quantitative estimate of drug-likeness (QED) is 0.229. The minimum Gasteiger partial charge on any atom is -0.338 e. The molecule has 2 heterocycles. The zero-order valence-electron chi connectivity index (χ0n) is 22.7. The van der Waals surface area contributed by atoms with E-state index in [1.807, 2.05) is 44.2 Å². The van der Waals surface area contributed by atoms with Crippen LogP contribution in [0.25, 0.3) is 0 Å². The van der Waals surface area contributed by atoms with Crippen LogP contribution in [0.4, 0.5) is 16.3 Å². The second-order valence-corrected chi connectivity index (χ2v) is 10.9. The lowest BCUT2D eigenvalue weighted by atomic mass is 10.0. The molecule has 206 valence electrons. The van der Waals surface area contributed by atoms with E-state index >= 15 is 0 Å². The Morgan fingerprint density at radius 1 is 1.08 bits per heavy atom. The summed E-state index contributed by atoms with van der Waals surface area (Å²) >= 11 is 4.06. The van der Waals surface area contributed by atoms with Crippen LogP contribution in [0.5, 0.6) is 0 Å². The third-order valence-corrected chi connectivity index (χ3v) is 7.05. The molecule has 5 N–H and O–H groups in total. The highest BCUT2D eigenvalue weighted by molar-refractivity contribution is 7.80. The first-order chi connectivity index (χ1) is 18.6. The standard InChI is InChI=1S/C28H35N7O3S/c1-28(2)24-21(16-35(28)27(38)30-22(17-34(3)4)18-8-6-5-7-9-18)25(33-32-24)31-26(37)19-10-12-20(13-11-19)29-23(36)14-15-39/h5-13,22,39H,14-17H2,1-4H3,(H,29,36)(H,30,38)(H2,31,32,33,37)/p+1/t22-/m1/s1. The van der Waals surface area contributed by atoms with E-state index in [1.165, 1.54) is 4.90 Å². The first-order valence-electron chi connectivity index (χ1n) is 12.9. The van der Waals surface area contributed by atoms with Crippen LogP contribution in [-0.4, -0.2) is 59.3 Å².